The maximum atomic E-state index is 6.28. The van der Waals surface area contributed by atoms with Crippen LogP contribution in [0, 0.1) is 0 Å². The summed E-state index contributed by atoms with van der Waals surface area (Å²) in [6.07, 6.45) is 2.96. The van der Waals surface area contributed by atoms with Crippen LogP contribution < -0.4 is 16.0 Å². The van der Waals surface area contributed by atoms with E-state index in [-0.39, 0.29) is 0 Å². The second-order valence-electron chi connectivity index (χ2n) is 4.64. The van der Waals surface area contributed by atoms with Gasteiger partial charge in [0.25, 0.3) is 0 Å². The summed E-state index contributed by atoms with van der Waals surface area (Å²) in [6.45, 7) is 0. The highest BCUT2D eigenvalue weighted by Crippen LogP contribution is 2.36. The van der Waals surface area contributed by atoms with Crippen molar-refractivity contribution in [2.24, 2.45) is 5.84 Å². The Hall–Kier alpha value is -1.85. The van der Waals surface area contributed by atoms with Gasteiger partial charge in [0.15, 0.2) is 5.82 Å². The number of benzene rings is 1. The van der Waals surface area contributed by atoms with E-state index < -0.39 is 0 Å². The molecule has 0 fully saturated rings. The minimum Gasteiger partial charge on any atom is -0.496 e. The molecule has 6 heteroatoms. The normalized spacial score (nSPS) is 13.2. The Labute approximate surface area is 122 Å². The minimum atomic E-state index is 0.543. The number of hydrazine groups is 1. The van der Waals surface area contributed by atoms with Crippen LogP contribution in [0.3, 0.4) is 0 Å². The molecule has 1 aliphatic rings. The largest absolute Gasteiger partial charge is 0.496 e. The van der Waals surface area contributed by atoms with Crippen molar-refractivity contribution in [3.8, 4) is 17.1 Å². The number of anilines is 1. The van der Waals surface area contributed by atoms with Crippen LogP contribution in [0.1, 0.15) is 17.7 Å². The van der Waals surface area contributed by atoms with E-state index in [1.807, 2.05) is 12.1 Å². The number of hydrogen-bond donors (Lipinski definition) is 2. The van der Waals surface area contributed by atoms with Gasteiger partial charge in [-0.25, -0.2) is 15.8 Å². The number of aryl methyl sites for hydroxylation is 1. The summed E-state index contributed by atoms with van der Waals surface area (Å²) in [5.74, 6) is 7.44. The maximum Gasteiger partial charge on any atom is 0.167 e. The monoisotopic (exact) mass is 290 g/mol. The predicted molar refractivity (Wildman–Crippen MR) is 78.9 cm³/mol. The van der Waals surface area contributed by atoms with Gasteiger partial charge in [-0.05, 0) is 31.4 Å². The number of methoxy groups -OCH3 is 1. The van der Waals surface area contributed by atoms with Gasteiger partial charge < -0.3 is 10.2 Å². The lowest BCUT2D eigenvalue weighted by Gasteiger charge is -2.12. The van der Waals surface area contributed by atoms with Gasteiger partial charge in [-0.2, -0.15) is 0 Å². The Balaban J connectivity index is 2.21. The average Bonchev–Trinajstić information content (AvgIpc) is 2.94. The van der Waals surface area contributed by atoms with Crippen molar-refractivity contribution in [3.05, 3.63) is 34.5 Å². The first kappa shape index (κ1) is 13.1. The molecule has 3 N–H and O–H groups in total. The molecule has 0 saturated carbocycles. The summed E-state index contributed by atoms with van der Waals surface area (Å²) in [7, 11) is 1.60. The van der Waals surface area contributed by atoms with Crippen molar-refractivity contribution in [1.29, 1.82) is 0 Å². The summed E-state index contributed by atoms with van der Waals surface area (Å²) >= 11 is 6.28. The van der Waals surface area contributed by atoms with Crippen LogP contribution in [0.25, 0.3) is 11.4 Å². The number of nitrogens with two attached hydrogens (primary N) is 1. The molecular formula is C14H15ClN4O. The highest BCUT2D eigenvalue weighted by Gasteiger charge is 2.21. The smallest absolute Gasteiger partial charge is 0.167 e. The molecule has 0 unspecified atom stereocenters. The van der Waals surface area contributed by atoms with Gasteiger partial charge in [0, 0.05) is 11.3 Å². The van der Waals surface area contributed by atoms with E-state index in [0.717, 1.165) is 30.5 Å². The number of ether oxygens (including phenoxy) is 1. The molecule has 2 aromatic rings. The molecule has 0 amide bonds. The molecule has 0 bridgehead atoms. The molecule has 0 atom stereocenters. The van der Waals surface area contributed by atoms with Crippen molar-refractivity contribution in [2.45, 2.75) is 19.3 Å². The molecule has 1 aromatic heterocycles. The molecule has 20 heavy (non-hydrogen) atoms. The minimum absolute atomic E-state index is 0.543. The summed E-state index contributed by atoms with van der Waals surface area (Å²) in [5.41, 5.74) is 5.49. The third kappa shape index (κ3) is 2.09. The Bertz CT molecular complexity index is 660. The number of nitrogens with zero attached hydrogens (tertiary/aromatic N) is 2. The average molecular weight is 291 g/mol. The molecule has 0 spiro atoms. The first-order chi connectivity index (χ1) is 9.74. The molecule has 0 saturated heterocycles. The molecule has 5 nitrogen and oxygen atoms in total. The molecule has 104 valence electrons. The van der Waals surface area contributed by atoms with E-state index in [0.29, 0.717) is 28.0 Å². The number of nitrogens with one attached hydrogen (secondary N) is 1. The predicted octanol–water partition coefficient (Wildman–Crippen LogP) is 2.58. The highest BCUT2D eigenvalue weighted by molar-refractivity contribution is 6.33. The Morgan fingerprint density at radius 1 is 1.30 bits per heavy atom. The van der Waals surface area contributed by atoms with Gasteiger partial charge in [0.1, 0.15) is 11.6 Å². The van der Waals surface area contributed by atoms with Gasteiger partial charge >= 0.3 is 0 Å². The summed E-state index contributed by atoms with van der Waals surface area (Å²) in [4.78, 5) is 9.12. The fourth-order valence-corrected chi connectivity index (χ4v) is 2.81. The molecule has 0 radical (unpaired) electrons. The van der Waals surface area contributed by atoms with Crippen LogP contribution >= 0.6 is 11.6 Å². The molecule has 1 aromatic carbocycles. The molecular weight excluding hydrogens is 276 g/mol. The SMILES string of the molecule is COc1cccc(Cl)c1-c1nc2c(c(NN)n1)CCC2. The van der Waals surface area contributed by atoms with E-state index in [4.69, 9.17) is 22.2 Å². The molecule has 1 aliphatic carbocycles. The van der Waals surface area contributed by atoms with Crippen LogP contribution in [0.4, 0.5) is 5.82 Å². The van der Waals surface area contributed by atoms with Crippen molar-refractivity contribution in [3.63, 3.8) is 0 Å². The molecule has 3 rings (SSSR count). The molecule has 0 aliphatic heterocycles. The van der Waals surface area contributed by atoms with Gasteiger partial charge in [0.2, 0.25) is 0 Å². The lowest BCUT2D eigenvalue weighted by molar-refractivity contribution is 0.416. The Kier molecular flexibility index (Phi) is 3.46. The van der Waals surface area contributed by atoms with E-state index in [1.165, 1.54) is 0 Å². The number of fused-ring (bicyclic) bond motifs is 1. The fraction of sp³-hybridized carbons (Fsp3) is 0.286. The van der Waals surface area contributed by atoms with Crippen LogP contribution in [-0.4, -0.2) is 17.1 Å². The second-order valence-corrected chi connectivity index (χ2v) is 5.04. The standard InChI is InChI=1S/C14H15ClN4O/c1-20-11-7-3-5-9(15)12(11)14-17-10-6-2-4-8(10)13(18-14)19-16/h3,5,7H,2,4,6,16H2,1H3,(H,17,18,19). The van der Waals surface area contributed by atoms with Crippen LogP contribution in [0.2, 0.25) is 5.02 Å². The molecule has 1 heterocycles. The van der Waals surface area contributed by atoms with Gasteiger partial charge in [0.05, 0.1) is 17.7 Å². The number of rotatable bonds is 3. The van der Waals surface area contributed by atoms with Crippen molar-refractivity contribution >= 4 is 17.4 Å². The quantitative estimate of drug-likeness (QED) is 0.671. The highest BCUT2D eigenvalue weighted by atomic mass is 35.5. The lowest BCUT2D eigenvalue weighted by atomic mass is 10.1. The van der Waals surface area contributed by atoms with E-state index in [2.05, 4.69) is 15.4 Å². The first-order valence-electron chi connectivity index (χ1n) is 6.44. The Morgan fingerprint density at radius 3 is 2.90 bits per heavy atom. The zero-order valence-corrected chi connectivity index (χ0v) is 11.9. The van der Waals surface area contributed by atoms with E-state index in [1.54, 1.807) is 13.2 Å². The number of hydrogen-bond acceptors (Lipinski definition) is 5. The second kappa shape index (κ2) is 5.26. The first-order valence-corrected chi connectivity index (χ1v) is 6.81. The summed E-state index contributed by atoms with van der Waals surface area (Å²) in [6, 6.07) is 5.47. The van der Waals surface area contributed by atoms with Crippen LogP contribution in [-0.2, 0) is 12.8 Å². The maximum absolute atomic E-state index is 6.28. The van der Waals surface area contributed by atoms with Gasteiger partial charge in [-0.15, -0.1) is 0 Å². The summed E-state index contributed by atoms with van der Waals surface area (Å²) in [5, 5.41) is 0.560. The van der Waals surface area contributed by atoms with Gasteiger partial charge in [-0.1, -0.05) is 17.7 Å². The third-order valence-corrected chi connectivity index (χ3v) is 3.80. The number of nitrogen functional groups attached to an aromatic ring is 1. The zero-order chi connectivity index (χ0) is 14.1. The number of halogens is 1. The van der Waals surface area contributed by atoms with Crippen LogP contribution in [0.15, 0.2) is 18.2 Å². The summed E-state index contributed by atoms with van der Waals surface area (Å²) < 4.78 is 5.36. The van der Waals surface area contributed by atoms with E-state index in [9.17, 15) is 0 Å². The van der Waals surface area contributed by atoms with Crippen molar-refractivity contribution < 1.29 is 4.74 Å². The Morgan fingerprint density at radius 2 is 2.15 bits per heavy atom. The van der Waals surface area contributed by atoms with Gasteiger partial charge in [-0.3, -0.25) is 0 Å². The third-order valence-electron chi connectivity index (χ3n) is 3.49. The number of aromatic nitrogens is 2. The zero-order valence-electron chi connectivity index (χ0n) is 11.1. The fourth-order valence-electron chi connectivity index (χ4n) is 2.56. The van der Waals surface area contributed by atoms with Crippen molar-refractivity contribution in [2.75, 3.05) is 12.5 Å². The lowest BCUT2D eigenvalue weighted by Crippen LogP contribution is -2.13. The van der Waals surface area contributed by atoms with Crippen LogP contribution in [0.5, 0.6) is 5.75 Å². The van der Waals surface area contributed by atoms with E-state index >= 15 is 0 Å². The topological polar surface area (TPSA) is 73.1 Å². The van der Waals surface area contributed by atoms with Crippen molar-refractivity contribution in [1.82, 2.24) is 9.97 Å².